The minimum atomic E-state index is -0.723. The molecule has 0 bridgehead atoms. The molecule has 1 atom stereocenters. The molecule has 1 unspecified atom stereocenters. The van der Waals surface area contributed by atoms with Gasteiger partial charge in [-0.2, -0.15) is 0 Å². The Bertz CT molecular complexity index is 750. The third-order valence-electron chi connectivity index (χ3n) is 4.10. The Morgan fingerprint density at radius 2 is 2.00 bits per heavy atom. The first-order valence-corrected chi connectivity index (χ1v) is 8.67. The van der Waals surface area contributed by atoms with Crippen LogP contribution in [0.25, 0.3) is 6.08 Å². The second-order valence-corrected chi connectivity index (χ2v) is 7.21. The van der Waals surface area contributed by atoms with Gasteiger partial charge in [0.15, 0.2) is 0 Å². The SMILES string of the molecule is CC1(C)OC(=O)N(C(=O)/C=C/c2cccs2)C1Cc1ccccc1. The van der Waals surface area contributed by atoms with Gasteiger partial charge in [0.25, 0.3) is 5.91 Å². The van der Waals surface area contributed by atoms with E-state index >= 15 is 0 Å². The summed E-state index contributed by atoms with van der Waals surface area (Å²) in [6, 6.07) is 13.3. The lowest BCUT2D eigenvalue weighted by atomic mass is 9.92. The highest BCUT2D eigenvalue weighted by Gasteiger charge is 2.49. The van der Waals surface area contributed by atoms with Crippen molar-refractivity contribution in [1.29, 1.82) is 0 Å². The third-order valence-corrected chi connectivity index (χ3v) is 4.94. The van der Waals surface area contributed by atoms with Gasteiger partial charge >= 0.3 is 6.09 Å². The van der Waals surface area contributed by atoms with Crippen molar-refractivity contribution in [3.05, 3.63) is 64.4 Å². The molecule has 3 rings (SSSR count). The van der Waals surface area contributed by atoms with E-state index < -0.39 is 11.7 Å². The van der Waals surface area contributed by atoms with Gasteiger partial charge in [-0.1, -0.05) is 36.4 Å². The van der Waals surface area contributed by atoms with Gasteiger partial charge in [-0.3, -0.25) is 4.79 Å². The molecule has 1 saturated heterocycles. The van der Waals surface area contributed by atoms with Crippen LogP contribution in [-0.2, 0) is 16.0 Å². The van der Waals surface area contributed by atoms with Crippen LogP contribution >= 0.6 is 11.3 Å². The summed E-state index contributed by atoms with van der Waals surface area (Å²) in [4.78, 5) is 27.0. The van der Waals surface area contributed by atoms with E-state index in [1.165, 1.54) is 22.3 Å². The third kappa shape index (κ3) is 3.41. The van der Waals surface area contributed by atoms with Crippen molar-refractivity contribution >= 4 is 29.4 Å². The van der Waals surface area contributed by atoms with Gasteiger partial charge in [0.1, 0.15) is 5.60 Å². The summed E-state index contributed by atoms with van der Waals surface area (Å²) in [5.74, 6) is -0.347. The summed E-state index contributed by atoms with van der Waals surface area (Å²) in [5.41, 5.74) is 0.341. The van der Waals surface area contributed by atoms with Gasteiger partial charge in [-0.15, -0.1) is 11.3 Å². The molecule has 24 heavy (non-hydrogen) atoms. The van der Waals surface area contributed by atoms with Crippen LogP contribution in [0.3, 0.4) is 0 Å². The first-order chi connectivity index (χ1) is 11.5. The molecule has 2 aromatic rings. The summed E-state index contributed by atoms with van der Waals surface area (Å²) in [7, 11) is 0. The normalized spacial score (nSPS) is 19.7. The highest BCUT2D eigenvalue weighted by Crippen LogP contribution is 2.32. The second kappa shape index (κ2) is 6.61. The molecule has 0 saturated carbocycles. The molecule has 5 heteroatoms. The minimum absolute atomic E-state index is 0.340. The summed E-state index contributed by atoms with van der Waals surface area (Å²) >= 11 is 1.54. The number of carbonyl (C=O) groups excluding carboxylic acids is 2. The highest BCUT2D eigenvalue weighted by molar-refractivity contribution is 7.10. The lowest BCUT2D eigenvalue weighted by molar-refractivity contribution is -0.124. The van der Waals surface area contributed by atoms with E-state index in [1.54, 1.807) is 6.08 Å². The van der Waals surface area contributed by atoms with Crippen molar-refractivity contribution in [3.63, 3.8) is 0 Å². The van der Waals surface area contributed by atoms with Crippen LogP contribution in [0.1, 0.15) is 24.3 Å². The number of cyclic esters (lactones) is 1. The largest absolute Gasteiger partial charge is 0.441 e. The number of thiophene rings is 1. The van der Waals surface area contributed by atoms with Crippen molar-refractivity contribution in [3.8, 4) is 0 Å². The Morgan fingerprint density at radius 1 is 1.25 bits per heavy atom. The topological polar surface area (TPSA) is 46.6 Å². The predicted molar refractivity (Wildman–Crippen MR) is 94.7 cm³/mol. The van der Waals surface area contributed by atoms with Gasteiger partial charge in [0.2, 0.25) is 0 Å². The van der Waals surface area contributed by atoms with Gasteiger partial charge in [-0.05, 0) is 43.4 Å². The van der Waals surface area contributed by atoms with E-state index in [-0.39, 0.29) is 11.9 Å². The van der Waals surface area contributed by atoms with Crippen LogP contribution in [0, 0.1) is 0 Å². The maximum absolute atomic E-state index is 12.6. The number of hydrogen-bond donors (Lipinski definition) is 0. The van der Waals surface area contributed by atoms with Gasteiger partial charge in [0, 0.05) is 11.0 Å². The predicted octanol–water partition coefficient (Wildman–Crippen LogP) is 4.13. The molecule has 1 aromatic carbocycles. The van der Waals surface area contributed by atoms with Crippen molar-refractivity contribution in [2.75, 3.05) is 0 Å². The molecule has 0 spiro atoms. The van der Waals surface area contributed by atoms with Crippen LogP contribution in [0.4, 0.5) is 4.79 Å². The zero-order chi connectivity index (χ0) is 17.2. The van der Waals surface area contributed by atoms with E-state index in [4.69, 9.17) is 4.74 Å². The minimum Gasteiger partial charge on any atom is -0.441 e. The van der Waals surface area contributed by atoms with Crippen LogP contribution in [0.15, 0.2) is 53.9 Å². The maximum Gasteiger partial charge on any atom is 0.417 e. The molecule has 0 radical (unpaired) electrons. The number of imide groups is 1. The van der Waals surface area contributed by atoms with Gasteiger partial charge in [0.05, 0.1) is 6.04 Å². The first kappa shape index (κ1) is 16.5. The van der Waals surface area contributed by atoms with Crippen LogP contribution < -0.4 is 0 Å². The Kier molecular flexibility index (Phi) is 4.53. The molecular weight excluding hydrogens is 322 g/mol. The zero-order valence-electron chi connectivity index (χ0n) is 13.6. The van der Waals surface area contributed by atoms with E-state index in [9.17, 15) is 9.59 Å². The first-order valence-electron chi connectivity index (χ1n) is 7.79. The van der Waals surface area contributed by atoms with Crippen LogP contribution in [0.5, 0.6) is 0 Å². The van der Waals surface area contributed by atoms with Crippen LogP contribution in [-0.4, -0.2) is 28.5 Å². The van der Waals surface area contributed by atoms with E-state index in [1.807, 2.05) is 61.7 Å². The van der Waals surface area contributed by atoms with Gasteiger partial charge < -0.3 is 4.74 Å². The lowest BCUT2D eigenvalue weighted by Gasteiger charge is -2.27. The monoisotopic (exact) mass is 341 g/mol. The van der Waals surface area contributed by atoms with Crippen molar-refractivity contribution in [1.82, 2.24) is 4.90 Å². The van der Waals surface area contributed by atoms with E-state index in [2.05, 4.69) is 0 Å². The Labute approximate surface area is 145 Å². The van der Waals surface area contributed by atoms with E-state index in [0.717, 1.165) is 10.4 Å². The Balaban J connectivity index is 1.83. The molecule has 0 N–H and O–H groups in total. The molecule has 124 valence electrons. The molecule has 1 aliphatic rings. The number of carbonyl (C=O) groups is 2. The maximum atomic E-state index is 12.6. The fourth-order valence-corrected chi connectivity index (χ4v) is 3.44. The number of nitrogens with zero attached hydrogens (tertiary/aromatic N) is 1. The molecule has 1 fully saturated rings. The number of hydrogen-bond acceptors (Lipinski definition) is 4. The molecular formula is C19H19NO3S. The molecule has 1 aliphatic heterocycles. The molecule has 0 aliphatic carbocycles. The Hall–Kier alpha value is -2.40. The zero-order valence-corrected chi connectivity index (χ0v) is 14.5. The highest BCUT2D eigenvalue weighted by atomic mass is 32.1. The summed E-state index contributed by atoms with van der Waals surface area (Å²) in [6.45, 7) is 3.68. The van der Waals surface area contributed by atoms with Crippen LogP contribution in [0.2, 0.25) is 0 Å². The quantitative estimate of drug-likeness (QED) is 0.786. The summed E-state index contributed by atoms with van der Waals surface area (Å²) in [6.07, 6.45) is 3.15. The smallest absolute Gasteiger partial charge is 0.417 e. The molecule has 2 amide bonds. The fraction of sp³-hybridized carbons (Fsp3) is 0.263. The molecule has 2 heterocycles. The van der Waals surface area contributed by atoms with E-state index in [0.29, 0.717) is 6.42 Å². The summed E-state index contributed by atoms with van der Waals surface area (Å²) in [5, 5.41) is 1.94. The van der Waals surface area contributed by atoms with Gasteiger partial charge in [-0.25, -0.2) is 9.69 Å². The fourth-order valence-electron chi connectivity index (χ4n) is 2.82. The average Bonchev–Trinajstić information content (AvgIpc) is 3.13. The number of amides is 2. The average molecular weight is 341 g/mol. The number of benzene rings is 1. The second-order valence-electron chi connectivity index (χ2n) is 6.23. The molecule has 1 aromatic heterocycles. The number of ether oxygens (including phenoxy) is 1. The Morgan fingerprint density at radius 3 is 2.67 bits per heavy atom. The summed E-state index contributed by atoms with van der Waals surface area (Å²) < 4.78 is 5.44. The molecule has 4 nitrogen and oxygen atoms in total. The lowest BCUT2D eigenvalue weighted by Crippen LogP contribution is -2.45. The van der Waals surface area contributed by atoms with Crippen molar-refractivity contribution < 1.29 is 14.3 Å². The number of rotatable bonds is 4. The standard InChI is InChI=1S/C19H19NO3S/c1-19(2)16(13-14-7-4-3-5-8-14)20(18(22)23-19)17(21)11-10-15-9-6-12-24-15/h3-12,16H,13H2,1-2H3/b11-10+. The van der Waals surface area contributed by atoms with Crippen molar-refractivity contribution in [2.24, 2.45) is 0 Å². The van der Waals surface area contributed by atoms with Crippen molar-refractivity contribution in [2.45, 2.75) is 31.9 Å².